The van der Waals surface area contributed by atoms with Crippen LogP contribution in [0.2, 0.25) is 0 Å². The summed E-state index contributed by atoms with van der Waals surface area (Å²) in [5, 5.41) is 14.8. The van der Waals surface area contributed by atoms with Gasteiger partial charge in [0.05, 0.1) is 12.1 Å². The van der Waals surface area contributed by atoms with Crippen molar-refractivity contribution in [3.05, 3.63) is 59.7 Å². The fourth-order valence-electron chi connectivity index (χ4n) is 3.28. The van der Waals surface area contributed by atoms with E-state index in [-0.39, 0.29) is 31.4 Å². The first kappa shape index (κ1) is 25.0. The van der Waals surface area contributed by atoms with E-state index in [1.807, 2.05) is 0 Å². The second kappa shape index (κ2) is 11.0. The summed E-state index contributed by atoms with van der Waals surface area (Å²) in [6.45, 7) is -0.250. The lowest BCUT2D eigenvalue weighted by Gasteiger charge is -2.16. The van der Waals surface area contributed by atoms with Crippen LogP contribution in [0.3, 0.4) is 0 Å². The Morgan fingerprint density at radius 2 is 1.85 bits per heavy atom. The predicted octanol–water partition coefficient (Wildman–Crippen LogP) is 2.12. The largest absolute Gasteiger partial charge is 0.491 e. The van der Waals surface area contributed by atoms with Crippen molar-refractivity contribution in [3.8, 4) is 5.75 Å². The van der Waals surface area contributed by atoms with Gasteiger partial charge in [0, 0.05) is 30.8 Å². The van der Waals surface area contributed by atoms with Gasteiger partial charge in [-0.3, -0.25) is 14.4 Å². The third kappa shape index (κ3) is 6.95. The van der Waals surface area contributed by atoms with Crippen LogP contribution in [0.25, 0.3) is 0 Å². The fourth-order valence-corrected chi connectivity index (χ4v) is 3.28. The Morgan fingerprint density at radius 3 is 2.50 bits per heavy atom. The topological polar surface area (TPSA) is 108 Å². The number of benzene rings is 2. The molecule has 0 radical (unpaired) electrons. The Kier molecular flexibility index (Phi) is 8.11. The van der Waals surface area contributed by atoms with Gasteiger partial charge in [-0.2, -0.15) is 13.2 Å². The summed E-state index contributed by atoms with van der Waals surface area (Å²) in [4.78, 5) is 37.6. The SMILES string of the molecule is O=C(CNC(=O)c1ccc(N2CCCC2=O)cc1)NCC(O)COc1cccc(C(F)(F)F)c1. The van der Waals surface area contributed by atoms with Gasteiger partial charge in [0.15, 0.2) is 0 Å². The van der Waals surface area contributed by atoms with Crippen LogP contribution < -0.4 is 20.3 Å². The number of halogens is 3. The molecule has 11 heteroatoms. The molecular weight excluding hydrogens is 455 g/mol. The number of hydrogen-bond acceptors (Lipinski definition) is 5. The maximum Gasteiger partial charge on any atom is 0.416 e. The Morgan fingerprint density at radius 1 is 1.12 bits per heavy atom. The minimum atomic E-state index is -4.51. The Labute approximate surface area is 193 Å². The lowest BCUT2D eigenvalue weighted by molar-refractivity contribution is -0.137. The van der Waals surface area contributed by atoms with E-state index in [9.17, 15) is 32.7 Å². The summed E-state index contributed by atoms with van der Waals surface area (Å²) >= 11 is 0. The number of aliphatic hydroxyl groups is 1. The first-order valence-corrected chi connectivity index (χ1v) is 10.6. The number of aliphatic hydroxyl groups excluding tert-OH is 1. The minimum Gasteiger partial charge on any atom is -0.491 e. The predicted molar refractivity (Wildman–Crippen MR) is 116 cm³/mol. The van der Waals surface area contributed by atoms with Crippen molar-refractivity contribution in [2.24, 2.45) is 0 Å². The first-order chi connectivity index (χ1) is 16.1. The van der Waals surface area contributed by atoms with Crippen molar-refractivity contribution in [2.75, 3.05) is 31.1 Å². The zero-order valence-corrected chi connectivity index (χ0v) is 18.1. The maximum absolute atomic E-state index is 12.7. The number of hydrogen-bond donors (Lipinski definition) is 3. The molecule has 3 amide bonds. The van der Waals surface area contributed by atoms with Crippen LogP contribution in [0.15, 0.2) is 48.5 Å². The molecule has 0 bridgehead atoms. The molecule has 182 valence electrons. The molecule has 8 nitrogen and oxygen atoms in total. The van der Waals surface area contributed by atoms with Gasteiger partial charge in [-0.15, -0.1) is 0 Å². The van der Waals surface area contributed by atoms with E-state index in [0.29, 0.717) is 24.2 Å². The van der Waals surface area contributed by atoms with Crippen LogP contribution in [0.1, 0.15) is 28.8 Å². The number of amides is 3. The highest BCUT2D eigenvalue weighted by Gasteiger charge is 2.30. The van der Waals surface area contributed by atoms with Gasteiger partial charge in [-0.1, -0.05) is 6.07 Å². The summed E-state index contributed by atoms with van der Waals surface area (Å²) in [6.07, 6.45) is -4.38. The van der Waals surface area contributed by atoms with Crippen LogP contribution in [0.5, 0.6) is 5.75 Å². The Bertz CT molecular complexity index is 1030. The zero-order valence-electron chi connectivity index (χ0n) is 18.1. The molecule has 2 aromatic rings. The summed E-state index contributed by atoms with van der Waals surface area (Å²) in [5.74, 6) is -1.07. The monoisotopic (exact) mass is 479 g/mol. The van der Waals surface area contributed by atoms with Crippen molar-refractivity contribution in [1.29, 1.82) is 0 Å². The molecule has 2 aromatic carbocycles. The van der Waals surface area contributed by atoms with Gasteiger partial charge in [-0.05, 0) is 48.9 Å². The molecule has 1 saturated heterocycles. The number of carbonyl (C=O) groups is 3. The van der Waals surface area contributed by atoms with Gasteiger partial charge < -0.3 is 25.4 Å². The first-order valence-electron chi connectivity index (χ1n) is 10.6. The lowest BCUT2D eigenvalue weighted by atomic mass is 10.2. The summed E-state index contributed by atoms with van der Waals surface area (Å²) in [7, 11) is 0. The highest BCUT2D eigenvalue weighted by atomic mass is 19.4. The fraction of sp³-hybridized carbons (Fsp3) is 0.348. The number of nitrogens with one attached hydrogen (secondary N) is 2. The van der Waals surface area contributed by atoms with E-state index in [1.165, 1.54) is 12.1 Å². The molecule has 1 fully saturated rings. The van der Waals surface area contributed by atoms with Crippen molar-refractivity contribution >= 4 is 23.4 Å². The molecule has 0 spiro atoms. The van der Waals surface area contributed by atoms with Crippen LogP contribution in [0, 0.1) is 0 Å². The van der Waals surface area contributed by atoms with Crippen molar-refractivity contribution < 1.29 is 37.4 Å². The van der Waals surface area contributed by atoms with E-state index >= 15 is 0 Å². The quantitative estimate of drug-likeness (QED) is 0.511. The molecule has 3 rings (SSSR count). The van der Waals surface area contributed by atoms with Gasteiger partial charge in [0.2, 0.25) is 11.8 Å². The number of anilines is 1. The number of nitrogens with zero attached hydrogens (tertiary/aromatic N) is 1. The molecule has 1 atom stereocenters. The highest BCUT2D eigenvalue weighted by molar-refractivity contribution is 5.98. The molecule has 3 N–H and O–H groups in total. The second-order valence-corrected chi connectivity index (χ2v) is 7.67. The van der Waals surface area contributed by atoms with Gasteiger partial charge >= 0.3 is 6.18 Å². The van der Waals surface area contributed by atoms with Crippen LogP contribution in [-0.2, 0) is 15.8 Å². The van der Waals surface area contributed by atoms with Gasteiger partial charge in [0.25, 0.3) is 5.91 Å². The molecule has 0 aliphatic carbocycles. The van der Waals surface area contributed by atoms with E-state index in [1.54, 1.807) is 29.2 Å². The number of ether oxygens (including phenoxy) is 1. The number of rotatable bonds is 9. The average Bonchev–Trinajstić information content (AvgIpc) is 3.25. The highest BCUT2D eigenvalue weighted by Crippen LogP contribution is 2.31. The van der Waals surface area contributed by atoms with Gasteiger partial charge in [-0.25, -0.2) is 0 Å². The Balaban J connectivity index is 1.37. The molecule has 1 aliphatic heterocycles. The third-order valence-electron chi connectivity index (χ3n) is 5.06. The van der Waals surface area contributed by atoms with Crippen LogP contribution in [-0.4, -0.2) is 55.2 Å². The summed E-state index contributed by atoms with van der Waals surface area (Å²) in [5.41, 5.74) is 0.151. The smallest absolute Gasteiger partial charge is 0.416 e. The van der Waals surface area contributed by atoms with E-state index < -0.39 is 29.7 Å². The third-order valence-corrected chi connectivity index (χ3v) is 5.06. The lowest BCUT2D eigenvalue weighted by Crippen LogP contribution is -2.41. The molecule has 1 aliphatic rings. The molecule has 1 unspecified atom stereocenters. The normalized spacial score (nSPS) is 14.6. The molecule has 0 aromatic heterocycles. The summed E-state index contributed by atoms with van der Waals surface area (Å²) < 4.78 is 43.3. The molecule has 1 heterocycles. The summed E-state index contributed by atoms with van der Waals surface area (Å²) in [6, 6.07) is 10.7. The standard InChI is InChI=1S/C23H24F3N3O5/c24-23(25,26)16-3-1-4-19(11-16)34-14-18(30)12-27-20(31)13-28-22(33)15-6-8-17(9-7-15)29-10-2-5-21(29)32/h1,3-4,6-9,11,18,30H,2,5,10,12-14H2,(H,27,31)(H,28,33). The average molecular weight is 479 g/mol. The molecule has 34 heavy (non-hydrogen) atoms. The van der Waals surface area contributed by atoms with E-state index in [2.05, 4.69) is 10.6 Å². The van der Waals surface area contributed by atoms with Crippen molar-refractivity contribution in [1.82, 2.24) is 10.6 Å². The zero-order chi connectivity index (χ0) is 24.7. The van der Waals surface area contributed by atoms with E-state index in [4.69, 9.17) is 4.74 Å². The van der Waals surface area contributed by atoms with Crippen molar-refractivity contribution in [2.45, 2.75) is 25.1 Å². The van der Waals surface area contributed by atoms with Crippen LogP contribution >= 0.6 is 0 Å². The number of carbonyl (C=O) groups excluding carboxylic acids is 3. The van der Waals surface area contributed by atoms with E-state index in [0.717, 1.165) is 18.6 Å². The number of alkyl halides is 3. The molecule has 0 saturated carbocycles. The molecular formula is C23H24F3N3O5. The minimum absolute atomic E-state index is 0.0382. The van der Waals surface area contributed by atoms with Crippen LogP contribution in [0.4, 0.5) is 18.9 Å². The maximum atomic E-state index is 12.7. The van der Waals surface area contributed by atoms with Gasteiger partial charge in [0.1, 0.15) is 18.5 Å². The van der Waals surface area contributed by atoms with Crippen molar-refractivity contribution in [3.63, 3.8) is 0 Å². The second-order valence-electron chi connectivity index (χ2n) is 7.67. The Hall–Kier alpha value is -3.60.